The smallest absolute Gasteiger partial charge is 0.260 e. The molecular formula is C23H30N4O2S. The number of carbonyl (C=O) groups excluding carboxylic acids is 1. The van der Waals surface area contributed by atoms with Crippen molar-refractivity contribution in [3.63, 3.8) is 0 Å². The number of carbonyl (C=O) groups is 1. The maximum atomic E-state index is 13.0. The molecule has 7 heteroatoms. The van der Waals surface area contributed by atoms with Crippen molar-refractivity contribution in [2.45, 2.75) is 53.6 Å². The van der Waals surface area contributed by atoms with Crippen molar-refractivity contribution in [2.75, 3.05) is 13.1 Å². The Bertz CT molecular complexity index is 1110. The van der Waals surface area contributed by atoms with Crippen LogP contribution in [0.25, 0.3) is 21.3 Å². The van der Waals surface area contributed by atoms with E-state index in [1.165, 1.54) is 16.9 Å². The molecular weight excluding hydrogens is 396 g/mol. The number of aromatic amines is 1. The Morgan fingerprint density at radius 3 is 2.47 bits per heavy atom. The molecule has 0 saturated heterocycles. The Kier molecular flexibility index (Phi) is 6.43. The average Bonchev–Trinajstić information content (AvgIpc) is 2.96. The lowest BCUT2D eigenvalue weighted by molar-refractivity contribution is -0.123. The maximum Gasteiger partial charge on any atom is 0.260 e. The largest absolute Gasteiger partial charge is 0.350 e. The number of benzene rings is 1. The SMILES string of the molecule is CCN(CC(=O)NC(C)(C)C)Cc1nc2sc(C)c(-c3ccc(C)cc3)c2c(=O)[nH]1. The zero-order valence-electron chi connectivity index (χ0n) is 18.5. The number of hydrogen-bond donors (Lipinski definition) is 2. The van der Waals surface area contributed by atoms with E-state index in [0.717, 1.165) is 20.8 Å². The topological polar surface area (TPSA) is 78.1 Å². The lowest BCUT2D eigenvalue weighted by Gasteiger charge is -2.24. The summed E-state index contributed by atoms with van der Waals surface area (Å²) in [6.45, 7) is 13.3. The first-order valence-electron chi connectivity index (χ1n) is 10.2. The van der Waals surface area contributed by atoms with Crippen LogP contribution in [0.5, 0.6) is 0 Å². The van der Waals surface area contributed by atoms with Crippen molar-refractivity contribution in [2.24, 2.45) is 0 Å². The third kappa shape index (κ3) is 5.15. The summed E-state index contributed by atoms with van der Waals surface area (Å²) in [6, 6.07) is 8.19. The van der Waals surface area contributed by atoms with Crippen LogP contribution in [0.4, 0.5) is 0 Å². The van der Waals surface area contributed by atoms with Crippen LogP contribution in [0, 0.1) is 13.8 Å². The molecule has 2 heterocycles. The number of rotatable bonds is 6. The lowest BCUT2D eigenvalue weighted by Crippen LogP contribution is -2.45. The normalized spacial score (nSPS) is 12.0. The van der Waals surface area contributed by atoms with Crippen LogP contribution < -0.4 is 10.9 Å². The molecule has 0 aliphatic carbocycles. The highest BCUT2D eigenvalue weighted by Gasteiger charge is 2.19. The van der Waals surface area contributed by atoms with E-state index in [1.807, 2.05) is 58.6 Å². The zero-order chi connectivity index (χ0) is 22.1. The summed E-state index contributed by atoms with van der Waals surface area (Å²) < 4.78 is 0. The fourth-order valence-corrected chi connectivity index (χ4v) is 4.52. The Morgan fingerprint density at radius 1 is 1.20 bits per heavy atom. The van der Waals surface area contributed by atoms with Gasteiger partial charge in [0.05, 0.1) is 18.5 Å². The van der Waals surface area contributed by atoms with Crippen LogP contribution in [0.1, 0.15) is 44.0 Å². The fraction of sp³-hybridized carbons (Fsp3) is 0.435. The van der Waals surface area contributed by atoms with Gasteiger partial charge in [0.15, 0.2) is 0 Å². The third-order valence-corrected chi connectivity index (χ3v) is 5.83. The van der Waals surface area contributed by atoms with E-state index >= 15 is 0 Å². The van der Waals surface area contributed by atoms with E-state index in [2.05, 4.69) is 22.4 Å². The maximum absolute atomic E-state index is 13.0. The minimum absolute atomic E-state index is 0.0404. The highest BCUT2D eigenvalue weighted by molar-refractivity contribution is 7.19. The number of thiophene rings is 1. The molecule has 3 rings (SSSR count). The van der Waals surface area contributed by atoms with Gasteiger partial charge in [0.2, 0.25) is 5.91 Å². The number of amides is 1. The van der Waals surface area contributed by atoms with Crippen molar-refractivity contribution in [1.82, 2.24) is 20.2 Å². The molecule has 0 bridgehead atoms. The van der Waals surface area contributed by atoms with E-state index in [0.29, 0.717) is 24.3 Å². The standard InChI is InChI=1S/C23H30N4O2S/c1-7-27(13-18(28)26-23(4,5)6)12-17-24-21(29)20-19(15(3)30-22(20)25-17)16-10-8-14(2)9-11-16/h8-11H,7,12-13H2,1-6H3,(H,26,28)(H,24,25,29). The summed E-state index contributed by atoms with van der Waals surface area (Å²) in [5, 5.41) is 3.61. The van der Waals surface area contributed by atoms with Crippen LogP contribution in [0.15, 0.2) is 29.1 Å². The van der Waals surface area contributed by atoms with Gasteiger partial charge < -0.3 is 10.3 Å². The highest BCUT2D eigenvalue weighted by Crippen LogP contribution is 2.35. The molecule has 0 aliphatic heterocycles. The molecule has 0 aliphatic rings. The van der Waals surface area contributed by atoms with Crippen molar-refractivity contribution >= 4 is 27.5 Å². The summed E-state index contributed by atoms with van der Waals surface area (Å²) in [4.78, 5) is 36.7. The van der Waals surface area contributed by atoms with Crippen molar-refractivity contribution in [3.8, 4) is 11.1 Å². The number of aromatic nitrogens is 2. The van der Waals surface area contributed by atoms with Gasteiger partial charge in [-0.1, -0.05) is 36.8 Å². The summed E-state index contributed by atoms with van der Waals surface area (Å²) in [7, 11) is 0. The zero-order valence-corrected chi connectivity index (χ0v) is 19.4. The highest BCUT2D eigenvalue weighted by atomic mass is 32.1. The summed E-state index contributed by atoms with van der Waals surface area (Å²) in [5.74, 6) is 0.538. The van der Waals surface area contributed by atoms with Crippen molar-refractivity contribution in [3.05, 3.63) is 50.9 Å². The fourth-order valence-electron chi connectivity index (χ4n) is 3.46. The van der Waals surface area contributed by atoms with Crippen LogP contribution >= 0.6 is 11.3 Å². The molecule has 2 aromatic heterocycles. The van der Waals surface area contributed by atoms with Gasteiger partial charge in [0.25, 0.3) is 5.56 Å². The molecule has 1 amide bonds. The van der Waals surface area contributed by atoms with Crippen molar-refractivity contribution in [1.29, 1.82) is 0 Å². The molecule has 30 heavy (non-hydrogen) atoms. The molecule has 2 N–H and O–H groups in total. The first-order valence-corrected chi connectivity index (χ1v) is 11.0. The minimum Gasteiger partial charge on any atom is -0.350 e. The molecule has 0 atom stereocenters. The second-order valence-electron chi connectivity index (χ2n) is 8.69. The van der Waals surface area contributed by atoms with E-state index in [9.17, 15) is 9.59 Å². The molecule has 3 aromatic rings. The number of hydrogen-bond acceptors (Lipinski definition) is 5. The lowest BCUT2D eigenvalue weighted by atomic mass is 10.0. The number of nitrogens with zero attached hydrogens (tertiary/aromatic N) is 2. The van der Waals surface area contributed by atoms with Crippen LogP contribution in [0.3, 0.4) is 0 Å². The van der Waals surface area contributed by atoms with Crippen LogP contribution in [-0.2, 0) is 11.3 Å². The molecule has 1 aromatic carbocycles. The van der Waals surface area contributed by atoms with Gasteiger partial charge in [0, 0.05) is 16.0 Å². The summed E-state index contributed by atoms with van der Waals surface area (Å²) >= 11 is 1.53. The minimum atomic E-state index is -0.275. The molecule has 160 valence electrons. The number of likely N-dealkylation sites (N-methyl/N-ethyl adjacent to an activating group) is 1. The Labute approximate surface area is 181 Å². The summed E-state index contributed by atoms with van der Waals surface area (Å²) in [5.41, 5.74) is 2.75. The predicted octanol–water partition coefficient (Wildman–Crippen LogP) is 4.01. The van der Waals surface area contributed by atoms with E-state index in [-0.39, 0.29) is 23.6 Å². The van der Waals surface area contributed by atoms with Crippen molar-refractivity contribution < 1.29 is 4.79 Å². The summed E-state index contributed by atoms with van der Waals surface area (Å²) in [6.07, 6.45) is 0. The Balaban J connectivity index is 1.89. The van der Waals surface area contributed by atoms with Gasteiger partial charge in [-0.2, -0.15) is 0 Å². The van der Waals surface area contributed by atoms with E-state index in [4.69, 9.17) is 4.98 Å². The quantitative estimate of drug-likeness (QED) is 0.624. The molecule has 0 saturated carbocycles. The van der Waals surface area contributed by atoms with E-state index < -0.39 is 0 Å². The van der Waals surface area contributed by atoms with Gasteiger partial charge in [-0.3, -0.25) is 14.5 Å². The van der Waals surface area contributed by atoms with Crippen LogP contribution in [-0.4, -0.2) is 39.4 Å². The van der Waals surface area contributed by atoms with Gasteiger partial charge >= 0.3 is 0 Å². The van der Waals surface area contributed by atoms with Gasteiger partial charge in [-0.05, 0) is 46.7 Å². The van der Waals surface area contributed by atoms with E-state index in [1.54, 1.807) is 0 Å². The number of fused-ring (bicyclic) bond motifs is 1. The second-order valence-corrected chi connectivity index (χ2v) is 9.90. The molecule has 6 nitrogen and oxygen atoms in total. The molecule has 0 radical (unpaired) electrons. The first-order chi connectivity index (χ1) is 14.1. The van der Waals surface area contributed by atoms with Gasteiger partial charge in [0.1, 0.15) is 10.7 Å². The Hall–Kier alpha value is -2.51. The number of aryl methyl sites for hydroxylation is 2. The Morgan fingerprint density at radius 2 is 1.87 bits per heavy atom. The molecule has 0 spiro atoms. The van der Waals surface area contributed by atoms with Gasteiger partial charge in [-0.15, -0.1) is 11.3 Å². The average molecular weight is 427 g/mol. The number of nitrogens with one attached hydrogen (secondary N) is 2. The first kappa shape index (κ1) is 22.2. The number of H-pyrrole nitrogens is 1. The van der Waals surface area contributed by atoms with Gasteiger partial charge in [-0.25, -0.2) is 4.98 Å². The van der Waals surface area contributed by atoms with Crippen LogP contribution in [0.2, 0.25) is 0 Å². The molecule has 0 fully saturated rings. The third-order valence-electron chi connectivity index (χ3n) is 4.83. The molecule has 0 unspecified atom stereocenters. The monoisotopic (exact) mass is 426 g/mol. The second kappa shape index (κ2) is 8.70. The predicted molar refractivity (Wildman–Crippen MR) is 124 cm³/mol.